The predicted molar refractivity (Wildman–Crippen MR) is 76.9 cm³/mol. The van der Waals surface area contributed by atoms with Crippen molar-refractivity contribution in [3.05, 3.63) is 29.8 Å². The molecule has 5 nitrogen and oxygen atoms in total. The minimum Gasteiger partial charge on any atom is -0.355 e. The van der Waals surface area contributed by atoms with Crippen molar-refractivity contribution in [2.45, 2.75) is 31.1 Å². The first-order valence-electron chi connectivity index (χ1n) is 6.78. The van der Waals surface area contributed by atoms with Gasteiger partial charge >= 0.3 is 0 Å². The molecule has 0 aliphatic carbocycles. The van der Waals surface area contributed by atoms with Crippen LogP contribution in [0.15, 0.2) is 29.2 Å². The lowest BCUT2D eigenvalue weighted by Crippen LogP contribution is -2.34. The van der Waals surface area contributed by atoms with Crippen molar-refractivity contribution in [3.63, 3.8) is 0 Å². The van der Waals surface area contributed by atoms with Crippen LogP contribution < -0.4 is 5.32 Å². The van der Waals surface area contributed by atoms with E-state index >= 15 is 0 Å². The summed E-state index contributed by atoms with van der Waals surface area (Å²) in [5, 5.41) is 2.68. The Hall–Kier alpha value is -1.40. The van der Waals surface area contributed by atoms with Crippen LogP contribution in [0.2, 0.25) is 0 Å². The van der Waals surface area contributed by atoms with Crippen LogP contribution in [-0.2, 0) is 14.8 Å². The third-order valence-corrected chi connectivity index (χ3v) is 5.37. The Balaban J connectivity index is 2.23. The molecule has 0 bridgehead atoms. The van der Waals surface area contributed by atoms with Gasteiger partial charge < -0.3 is 5.32 Å². The van der Waals surface area contributed by atoms with Gasteiger partial charge in [-0.3, -0.25) is 4.79 Å². The lowest BCUT2D eigenvalue weighted by molar-refractivity contribution is -0.120. The second-order valence-corrected chi connectivity index (χ2v) is 7.17. The lowest BCUT2D eigenvalue weighted by Gasteiger charge is -2.19. The molecule has 1 N–H and O–H groups in total. The second kappa shape index (κ2) is 5.93. The van der Waals surface area contributed by atoms with E-state index in [1.165, 1.54) is 4.31 Å². The number of carbonyl (C=O) groups is 1. The lowest BCUT2D eigenvalue weighted by atomic mass is 10.0. The van der Waals surface area contributed by atoms with Gasteiger partial charge in [0.15, 0.2) is 0 Å². The van der Waals surface area contributed by atoms with Crippen LogP contribution in [0.3, 0.4) is 0 Å². The molecule has 1 saturated heterocycles. The van der Waals surface area contributed by atoms with E-state index in [2.05, 4.69) is 19.2 Å². The molecule has 1 aliphatic rings. The van der Waals surface area contributed by atoms with Crippen LogP contribution in [0, 0.1) is 0 Å². The molecule has 20 heavy (non-hydrogen) atoms. The SMILES string of the molecule is CC(C)c1ccc(S(=O)(=O)N2CCNC(=O)CC2)cc1. The molecule has 1 aromatic rings. The Labute approximate surface area is 120 Å². The van der Waals surface area contributed by atoms with Crippen LogP contribution in [0.4, 0.5) is 0 Å². The number of nitrogens with one attached hydrogen (secondary N) is 1. The molecule has 110 valence electrons. The number of carbonyl (C=O) groups excluding carboxylic acids is 1. The molecule has 1 aromatic carbocycles. The van der Waals surface area contributed by atoms with Crippen molar-refractivity contribution in [1.29, 1.82) is 0 Å². The van der Waals surface area contributed by atoms with E-state index in [1.807, 2.05) is 12.1 Å². The van der Waals surface area contributed by atoms with Crippen LogP contribution in [0.25, 0.3) is 0 Å². The van der Waals surface area contributed by atoms with Crippen molar-refractivity contribution < 1.29 is 13.2 Å². The van der Waals surface area contributed by atoms with E-state index in [0.717, 1.165) is 5.56 Å². The number of rotatable bonds is 3. The second-order valence-electron chi connectivity index (χ2n) is 5.23. The molecule has 0 spiro atoms. The van der Waals surface area contributed by atoms with E-state index in [4.69, 9.17) is 0 Å². The summed E-state index contributed by atoms with van der Waals surface area (Å²) < 4.78 is 26.4. The average Bonchev–Trinajstić information content (AvgIpc) is 2.64. The Bertz CT molecular complexity index is 579. The Morgan fingerprint density at radius 3 is 2.40 bits per heavy atom. The Morgan fingerprint density at radius 2 is 1.80 bits per heavy atom. The Kier molecular flexibility index (Phi) is 4.45. The largest absolute Gasteiger partial charge is 0.355 e. The fraction of sp³-hybridized carbons (Fsp3) is 0.500. The fourth-order valence-corrected chi connectivity index (χ4v) is 3.60. The smallest absolute Gasteiger partial charge is 0.243 e. The normalized spacial score (nSPS) is 17.9. The first-order valence-corrected chi connectivity index (χ1v) is 8.22. The van der Waals surface area contributed by atoms with Crippen molar-refractivity contribution in [1.82, 2.24) is 9.62 Å². The predicted octanol–water partition coefficient (Wildman–Crippen LogP) is 1.32. The summed E-state index contributed by atoms with van der Waals surface area (Å²) in [6.07, 6.45) is 0.212. The zero-order valence-electron chi connectivity index (χ0n) is 11.8. The highest BCUT2D eigenvalue weighted by atomic mass is 32.2. The highest BCUT2D eigenvalue weighted by Gasteiger charge is 2.26. The standard InChI is InChI=1S/C14H20N2O3S/c1-11(2)12-3-5-13(6-4-12)20(18,19)16-9-7-14(17)15-8-10-16/h3-6,11H,7-10H2,1-2H3,(H,15,17). The molecule has 0 atom stereocenters. The maximum Gasteiger partial charge on any atom is 0.243 e. The number of nitrogens with zero attached hydrogens (tertiary/aromatic N) is 1. The van der Waals surface area contributed by atoms with Crippen LogP contribution in [0.1, 0.15) is 31.7 Å². The van der Waals surface area contributed by atoms with Crippen molar-refractivity contribution in [2.24, 2.45) is 0 Å². The van der Waals surface area contributed by atoms with Crippen molar-refractivity contribution in [2.75, 3.05) is 19.6 Å². The van der Waals surface area contributed by atoms with Gasteiger partial charge in [-0.1, -0.05) is 26.0 Å². The van der Waals surface area contributed by atoms with Gasteiger partial charge in [-0.2, -0.15) is 4.31 Å². The molecule has 2 rings (SSSR count). The van der Waals surface area contributed by atoms with Gasteiger partial charge in [-0.05, 0) is 23.6 Å². The van der Waals surface area contributed by atoms with Gasteiger partial charge in [-0.15, -0.1) is 0 Å². The van der Waals surface area contributed by atoms with Gasteiger partial charge in [0.05, 0.1) is 4.90 Å². The molecule has 6 heteroatoms. The maximum absolute atomic E-state index is 12.5. The third-order valence-electron chi connectivity index (χ3n) is 3.46. The minimum absolute atomic E-state index is 0.0992. The molecule has 1 aliphatic heterocycles. The summed E-state index contributed by atoms with van der Waals surface area (Å²) in [5.74, 6) is 0.268. The van der Waals surface area contributed by atoms with Crippen LogP contribution in [-0.4, -0.2) is 38.3 Å². The fourth-order valence-electron chi connectivity index (χ4n) is 2.16. The summed E-state index contributed by atoms with van der Waals surface area (Å²) >= 11 is 0. The molecular formula is C14H20N2O3S. The highest BCUT2D eigenvalue weighted by Crippen LogP contribution is 2.20. The zero-order valence-corrected chi connectivity index (χ0v) is 12.6. The van der Waals surface area contributed by atoms with Gasteiger partial charge in [-0.25, -0.2) is 8.42 Å². The van der Waals surface area contributed by atoms with Gasteiger partial charge in [0.25, 0.3) is 0 Å². The van der Waals surface area contributed by atoms with E-state index < -0.39 is 10.0 Å². The number of sulfonamides is 1. The minimum atomic E-state index is -3.51. The van der Waals surface area contributed by atoms with E-state index in [-0.39, 0.29) is 23.8 Å². The van der Waals surface area contributed by atoms with E-state index in [0.29, 0.717) is 19.0 Å². The number of amides is 1. The number of benzene rings is 1. The summed E-state index contributed by atoms with van der Waals surface area (Å²) in [5.41, 5.74) is 1.11. The molecule has 0 unspecified atom stereocenters. The molecule has 1 amide bonds. The highest BCUT2D eigenvalue weighted by molar-refractivity contribution is 7.89. The third kappa shape index (κ3) is 3.19. The first kappa shape index (κ1) is 15.0. The van der Waals surface area contributed by atoms with Gasteiger partial charge in [0, 0.05) is 26.1 Å². The molecule has 1 heterocycles. The quantitative estimate of drug-likeness (QED) is 0.915. The summed E-state index contributed by atoms with van der Waals surface area (Å²) in [6, 6.07) is 6.98. The van der Waals surface area contributed by atoms with Crippen molar-refractivity contribution in [3.8, 4) is 0 Å². The average molecular weight is 296 g/mol. The zero-order chi connectivity index (χ0) is 14.8. The molecule has 0 radical (unpaired) electrons. The molecular weight excluding hydrogens is 276 g/mol. The number of hydrogen-bond acceptors (Lipinski definition) is 3. The topological polar surface area (TPSA) is 66.5 Å². The summed E-state index contributed by atoms with van der Waals surface area (Å²) in [4.78, 5) is 11.6. The first-order chi connectivity index (χ1) is 9.41. The van der Waals surface area contributed by atoms with Gasteiger partial charge in [0.2, 0.25) is 15.9 Å². The Morgan fingerprint density at radius 1 is 1.15 bits per heavy atom. The van der Waals surface area contributed by atoms with Crippen molar-refractivity contribution >= 4 is 15.9 Å². The maximum atomic E-state index is 12.5. The summed E-state index contributed by atoms with van der Waals surface area (Å²) in [7, 11) is -3.51. The van der Waals surface area contributed by atoms with Gasteiger partial charge in [0.1, 0.15) is 0 Å². The molecule has 0 aromatic heterocycles. The summed E-state index contributed by atoms with van der Waals surface area (Å²) in [6.45, 7) is 5.05. The van der Waals surface area contributed by atoms with Crippen LogP contribution in [0.5, 0.6) is 0 Å². The van der Waals surface area contributed by atoms with E-state index in [9.17, 15) is 13.2 Å². The molecule has 0 saturated carbocycles. The number of hydrogen-bond donors (Lipinski definition) is 1. The monoisotopic (exact) mass is 296 g/mol. The molecule has 1 fully saturated rings. The van der Waals surface area contributed by atoms with Crippen LogP contribution >= 0.6 is 0 Å². The van der Waals surface area contributed by atoms with E-state index in [1.54, 1.807) is 12.1 Å².